The third-order valence-corrected chi connectivity index (χ3v) is 4.53. The van der Waals surface area contributed by atoms with Gasteiger partial charge in [0.2, 0.25) is 6.10 Å². The van der Waals surface area contributed by atoms with E-state index in [4.69, 9.17) is 4.84 Å². The van der Waals surface area contributed by atoms with E-state index in [0.29, 0.717) is 18.6 Å². The summed E-state index contributed by atoms with van der Waals surface area (Å²) < 4.78 is 0. The number of hydrogen-bond donors (Lipinski definition) is 3. The Balaban J connectivity index is 1.66. The van der Waals surface area contributed by atoms with E-state index in [0.717, 1.165) is 16.8 Å². The first kappa shape index (κ1) is 20.0. The van der Waals surface area contributed by atoms with E-state index < -0.39 is 25.1 Å². The number of nitrogens with zero attached hydrogens (tertiary/aromatic N) is 2. The average Bonchev–Trinajstić information content (AvgIpc) is 3.18. The second kappa shape index (κ2) is 8.99. The Morgan fingerprint density at radius 2 is 2.04 bits per heavy atom. The Kier molecular flexibility index (Phi) is 6.43. The second-order valence-corrected chi connectivity index (χ2v) is 7.29. The van der Waals surface area contributed by atoms with Crippen LogP contribution in [0.4, 0.5) is 0 Å². The summed E-state index contributed by atoms with van der Waals surface area (Å²) in [5, 5.41) is 25.7. The molecule has 1 aromatic heterocycles. The summed E-state index contributed by atoms with van der Waals surface area (Å²) in [6.07, 6.45) is 1.72. The summed E-state index contributed by atoms with van der Waals surface area (Å²) in [6, 6.07) is 13.5. The minimum atomic E-state index is -1.62. The SMILES string of the molecule is CC(C)CC(NC(=O)C1CC(c2cccc(-c3ccccn3)c2)=NO1)B(O)O. The van der Waals surface area contributed by atoms with E-state index >= 15 is 0 Å². The fourth-order valence-electron chi connectivity index (χ4n) is 3.12. The number of benzene rings is 1. The van der Waals surface area contributed by atoms with Crippen molar-refractivity contribution < 1.29 is 19.7 Å². The van der Waals surface area contributed by atoms with Crippen molar-refractivity contribution in [1.82, 2.24) is 10.3 Å². The van der Waals surface area contributed by atoms with Crippen molar-refractivity contribution in [1.29, 1.82) is 0 Å². The zero-order valence-electron chi connectivity index (χ0n) is 15.9. The molecule has 1 aliphatic heterocycles. The lowest BCUT2D eigenvalue weighted by Gasteiger charge is -2.20. The molecule has 2 aromatic rings. The molecule has 0 spiro atoms. The molecule has 0 aliphatic carbocycles. The zero-order valence-corrected chi connectivity index (χ0v) is 15.9. The highest BCUT2D eigenvalue weighted by atomic mass is 16.6. The van der Waals surface area contributed by atoms with Crippen molar-refractivity contribution in [2.45, 2.75) is 38.7 Å². The maximum absolute atomic E-state index is 12.5. The van der Waals surface area contributed by atoms with Crippen molar-refractivity contribution in [3.63, 3.8) is 0 Å². The van der Waals surface area contributed by atoms with Crippen LogP contribution in [-0.2, 0) is 9.63 Å². The van der Waals surface area contributed by atoms with E-state index in [1.807, 2.05) is 56.3 Å². The van der Waals surface area contributed by atoms with Crippen molar-refractivity contribution in [2.75, 3.05) is 0 Å². The van der Waals surface area contributed by atoms with E-state index in [-0.39, 0.29) is 5.92 Å². The van der Waals surface area contributed by atoms with Gasteiger partial charge in [0.1, 0.15) is 0 Å². The van der Waals surface area contributed by atoms with Crippen LogP contribution in [-0.4, -0.2) is 45.8 Å². The minimum absolute atomic E-state index is 0.206. The van der Waals surface area contributed by atoms with Gasteiger partial charge in [-0.2, -0.15) is 0 Å². The molecule has 28 heavy (non-hydrogen) atoms. The van der Waals surface area contributed by atoms with Gasteiger partial charge in [-0.05, 0) is 30.5 Å². The van der Waals surface area contributed by atoms with Gasteiger partial charge in [-0.25, -0.2) is 0 Å². The molecule has 0 saturated carbocycles. The molecule has 2 unspecified atom stereocenters. The molecular weight excluding hydrogens is 357 g/mol. The molecule has 8 heteroatoms. The summed E-state index contributed by atoms with van der Waals surface area (Å²) in [5.41, 5.74) is 3.34. The van der Waals surface area contributed by atoms with Gasteiger partial charge in [-0.3, -0.25) is 9.78 Å². The zero-order chi connectivity index (χ0) is 20.1. The summed E-state index contributed by atoms with van der Waals surface area (Å²) in [4.78, 5) is 22.1. The molecular formula is C20H24BN3O4. The van der Waals surface area contributed by atoms with Crippen molar-refractivity contribution >= 4 is 18.7 Å². The smallest absolute Gasteiger partial charge is 0.426 e. The number of aromatic nitrogens is 1. The highest BCUT2D eigenvalue weighted by Crippen LogP contribution is 2.22. The Hall–Kier alpha value is -2.71. The first-order valence-electron chi connectivity index (χ1n) is 9.35. The fourth-order valence-corrected chi connectivity index (χ4v) is 3.12. The van der Waals surface area contributed by atoms with Gasteiger partial charge in [0.15, 0.2) is 0 Å². The highest BCUT2D eigenvalue weighted by molar-refractivity contribution is 6.43. The summed E-state index contributed by atoms with van der Waals surface area (Å²) in [7, 11) is -1.62. The standard InChI is InChI=1S/C20H24BN3O4/c1-13(2)10-19(21(26)27)23-20(25)18-12-17(24-28-18)15-7-5-6-14(11-15)16-8-3-4-9-22-16/h3-9,11,13,18-19,26-27H,10,12H2,1-2H3,(H,23,25). The van der Waals surface area contributed by atoms with Gasteiger partial charge in [0.05, 0.1) is 17.3 Å². The number of oxime groups is 1. The lowest BCUT2D eigenvalue weighted by molar-refractivity contribution is -0.131. The monoisotopic (exact) mass is 381 g/mol. The number of pyridine rings is 1. The van der Waals surface area contributed by atoms with Crippen LogP contribution < -0.4 is 5.32 Å². The van der Waals surface area contributed by atoms with Crippen molar-refractivity contribution in [2.24, 2.45) is 11.1 Å². The largest absolute Gasteiger partial charge is 0.475 e. The highest BCUT2D eigenvalue weighted by Gasteiger charge is 2.33. The molecule has 1 aliphatic rings. The first-order valence-corrected chi connectivity index (χ1v) is 9.35. The molecule has 2 heterocycles. The van der Waals surface area contributed by atoms with Gasteiger partial charge in [-0.1, -0.05) is 43.3 Å². The van der Waals surface area contributed by atoms with Gasteiger partial charge in [0.25, 0.3) is 5.91 Å². The van der Waals surface area contributed by atoms with Crippen molar-refractivity contribution in [3.05, 3.63) is 54.2 Å². The summed E-state index contributed by atoms with van der Waals surface area (Å²) in [5.74, 6) is -0.941. The Morgan fingerprint density at radius 1 is 1.25 bits per heavy atom. The van der Waals surface area contributed by atoms with E-state index in [2.05, 4.69) is 15.5 Å². The van der Waals surface area contributed by atoms with Crippen LogP contribution in [0.1, 0.15) is 32.3 Å². The molecule has 7 nitrogen and oxygen atoms in total. The maximum Gasteiger partial charge on any atom is 0.475 e. The van der Waals surface area contributed by atoms with Crippen LogP contribution >= 0.6 is 0 Å². The number of amides is 1. The number of hydrogen-bond acceptors (Lipinski definition) is 6. The van der Waals surface area contributed by atoms with E-state index in [1.54, 1.807) is 6.20 Å². The van der Waals surface area contributed by atoms with Crippen LogP contribution in [0.5, 0.6) is 0 Å². The lowest BCUT2D eigenvalue weighted by atomic mass is 9.75. The third-order valence-electron chi connectivity index (χ3n) is 4.53. The molecule has 1 aromatic carbocycles. The first-order chi connectivity index (χ1) is 13.4. The average molecular weight is 381 g/mol. The number of carbonyl (C=O) groups is 1. The van der Waals surface area contributed by atoms with Crippen LogP contribution in [0.2, 0.25) is 0 Å². The molecule has 1 amide bonds. The van der Waals surface area contributed by atoms with Crippen molar-refractivity contribution in [3.8, 4) is 11.3 Å². The van der Waals surface area contributed by atoms with Gasteiger partial charge >= 0.3 is 7.12 Å². The second-order valence-electron chi connectivity index (χ2n) is 7.29. The van der Waals surface area contributed by atoms with Gasteiger partial charge in [0, 0.05) is 23.7 Å². The van der Waals surface area contributed by atoms with E-state index in [9.17, 15) is 14.8 Å². The molecule has 2 atom stereocenters. The molecule has 0 radical (unpaired) electrons. The van der Waals surface area contributed by atoms with Gasteiger partial charge < -0.3 is 20.2 Å². The lowest BCUT2D eigenvalue weighted by Crippen LogP contribution is -2.50. The number of carbonyl (C=O) groups excluding carboxylic acids is 1. The summed E-state index contributed by atoms with van der Waals surface area (Å²) >= 11 is 0. The third kappa shape index (κ3) is 4.96. The molecule has 146 valence electrons. The predicted molar refractivity (Wildman–Crippen MR) is 107 cm³/mol. The Morgan fingerprint density at radius 3 is 2.71 bits per heavy atom. The molecule has 0 bridgehead atoms. The maximum atomic E-state index is 12.5. The quantitative estimate of drug-likeness (QED) is 0.635. The summed E-state index contributed by atoms with van der Waals surface area (Å²) in [6.45, 7) is 3.90. The van der Waals surface area contributed by atoms with Crippen LogP contribution in [0.3, 0.4) is 0 Å². The van der Waals surface area contributed by atoms with E-state index in [1.165, 1.54) is 0 Å². The molecule has 0 saturated heterocycles. The molecule has 0 fully saturated rings. The van der Waals surface area contributed by atoms with Crippen LogP contribution in [0, 0.1) is 5.92 Å². The van der Waals surface area contributed by atoms with Gasteiger partial charge in [-0.15, -0.1) is 0 Å². The minimum Gasteiger partial charge on any atom is -0.426 e. The molecule has 3 rings (SSSR count). The normalized spacial score (nSPS) is 17.0. The topological polar surface area (TPSA) is 104 Å². The molecule has 3 N–H and O–H groups in total. The van der Waals surface area contributed by atoms with Crippen LogP contribution in [0.25, 0.3) is 11.3 Å². The van der Waals surface area contributed by atoms with Crippen LogP contribution in [0.15, 0.2) is 53.8 Å². The Bertz CT molecular complexity index is 842. The predicted octanol–water partition coefficient (Wildman–Crippen LogP) is 1.78. The fraction of sp³-hybridized carbons (Fsp3) is 0.350. The number of rotatable bonds is 7. The number of nitrogens with one attached hydrogen (secondary N) is 1. The Labute approximate surface area is 164 Å².